The molecule has 0 N–H and O–H groups in total. The molecule has 1 heterocycles. The molecule has 0 unspecified atom stereocenters. The third-order valence-electron chi connectivity index (χ3n) is 4.91. The van der Waals surface area contributed by atoms with Crippen LogP contribution in [0.4, 0.5) is 5.69 Å². The van der Waals surface area contributed by atoms with Crippen LogP contribution in [0.15, 0.2) is 84.0 Å². The zero-order valence-corrected chi connectivity index (χ0v) is 19.2. The van der Waals surface area contributed by atoms with E-state index in [2.05, 4.69) is 10.2 Å². The first-order valence-electron chi connectivity index (χ1n) is 9.87. The van der Waals surface area contributed by atoms with Crippen LogP contribution in [0, 0.1) is 0 Å². The summed E-state index contributed by atoms with van der Waals surface area (Å²) >= 11 is 7.40. The van der Waals surface area contributed by atoms with E-state index in [9.17, 15) is 4.79 Å². The number of aromatic nitrogens is 3. The molecule has 0 fully saturated rings. The van der Waals surface area contributed by atoms with Crippen LogP contribution in [0.3, 0.4) is 0 Å². The number of carbonyl (C=O) groups is 1. The van der Waals surface area contributed by atoms with Gasteiger partial charge in [-0.15, -0.1) is 10.2 Å². The molecule has 4 aromatic rings. The van der Waals surface area contributed by atoms with Crippen molar-refractivity contribution in [2.45, 2.75) is 5.16 Å². The lowest BCUT2D eigenvalue weighted by Gasteiger charge is -2.17. The van der Waals surface area contributed by atoms with E-state index in [1.807, 2.05) is 83.4 Å². The summed E-state index contributed by atoms with van der Waals surface area (Å²) < 4.78 is 7.22. The second kappa shape index (κ2) is 9.89. The number of thioether (sulfide) groups is 1. The third-order valence-corrected chi connectivity index (χ3v) is 6.07. The number of amides is 1. The van der Waals surface area contributed by atoms with E-state index < -0.39 is 0 Å². The quantitative estimate of drug-likeness (QED) is 0.345. The number of anilines is 1. The molecule has 32 heavy (non-hydrogen) atoms. The van der Waals surface area contributed by atoms with Gasteiger partial charge in [-0.1, -0.05) is 41.6 Å². The second-order valence-corrected chi connectivity index (χ2v) is 8.30. The lowest BCUT2D eigenvalue weighted by atomic mass is 10.2. The van der Waals surface area contributed by atoms with Crippen molar-refractivity contribution in [1.82, 2.24) is 14.8 Å². The highest BCUT2D eigenvalue weighted by molar-refractivity contribution is 7.99. The highest BCUT2D eigenvalue weighted by Gasteiger charge is 2.19. The molecule has 6 nitrogen and oxygen atoms in total. The van der Waals surface area contributed by atoms with Crippen molar-refractivity contribution in [3.8, 4) is 22.8 Å². The first-order valence-corrected chi connectivity index (χ1v) is 11.2. The maximum Gasteiger partial charge on any atom is 0.237 e. The standard InChI is InChI=1S/C24H21ClN4O2S/c1-28(19-6-4-3-5-7-19)22(30)16-32-24-27-26-23(17-8-10-18(25)11-9-17)29(24)20-12-14-21(31-2)15-13-20/h3-15H,16H2,1-2H3. The summed E-state index contributed by atoms with van der Waals surface area (Å²) in [5, 5.41) is 10.1. The van der Waals surface area contributed by atoms with Crippen molar-refractivity contribution in [3.05, 3.63) is 83.9 Å². The first kappa shape index (κ1) is 21.9. The van der Waals surface area contributed by atoms with Crippen molar-refractivity contribution < 1.29 is 9.53 Å². The lowest BCUT2D eigenvalue weighted by molar-refractivity contribution is -0.115. The van der Waals surface area contributed by atoms with E-state index in [-0.39, 0.29) is 11.7 Å². The molecule has 8 heteroatoms. The molecule has 0 aliphatic carbocycles. The number of rotatable bonds is 7. The van der Waals surface area contributed by atoms with E-state index >= 15 is 0 Å². The molecule has 3 aromatic carbocycles. The average molecular weight is 465 g/mol. The van der Waals surface area contributed by atoms with E-state index in [1.54, 1.807) is 19.1 Å². The Hall–Kier alpha value is -3.29. The minimum atomic E-state index is -0.0291. The molecule has 0 radical (unpaired) electrons. The Labute approximate surface area is 195 Å². The van der Waals surface area contributed by atoms with Crippen molar-refractivity contribution in [3.63, 3.8) is 0 Å². The molecule has 1 amide bonds. The van der Waals surface area contributed by atoms with E-state index in [0.29, 0.717) is 16.0 Å². The van der Waals surface area contributed by atoms with Crippen LogP contribution in [0.2, 0.25) is 5.02 Å². The van der Waals surface area contributed by atoms with Crippen molar-refractivity contribution >= 4 is 35.0 Å². The molecule has 4 rings (SSSR count). The topological polar surface area (TPSA) is 60.2 Å². The van der Waals surface area contributed by atoms with Crippen LogP contribution >= 0.6 is 23.4 Å². The van der Waals surface area contributed by atoms with Gasteiger partial charge in [0.25, 0.3) is 0 Å². The van der Waals surface area contributed by atoms with Gasteiger partial charge in [0.05, 0.1) is 12.9 Å². The molecule has 162 valence electrons. The number of benzene rings is 3. The van der Waals surface area contributed by atoms with Gasteiger partial charge in [0, 0.05) is 29.0 Å². The van der Waals surface area contributed by atoms with Crippen LogP contribution in [-0.2, 0) is 4.79 Å². The molecular weight excluding hydrogens is 444 g/mol. The maximum absolute atomic E-state index is 12.8. The van der Waals surface area contributed by atoms with Gasteiger partial charge < -0.3 is 9.64 Å². The van der Waals surface area contributed by atoms with Crippen LogP contribution in [-0.4, -0.2) is 40.6 Å². The lowest BCUT2D eigenvalue weighted by Crippen LogP contribution is -2.27. The Morgan fingerprint density at radius 2 is 1.69 bits per heavy atom. The number of ether oxygens (including phenoxy) is 1. The Morgan fingerprint density at radius 3 is 2.34 bits per heavy atom. The summed E-state index contributed by atoms with van der Waals surface area (Å²) in [6.07, 6.45) is 0. The van der Waals surface area contributed by atoms with Crippen LogP contribution < -0.4 is 9.64 Å². The number of carbonyl (C=O) groups excluding carboxylic acids is 1. The number of hydrogen-bond donors (Lipinski definition) is 0. The Balaban J connectivity index is 1.64. The minimum Gasteiger partial charge on any atom is -0.497 e. The predicted molar refractivity (Wildman–Crippen MR) is 129 cm³/mol. The van der Waals surface area contributed by atoms with Gasteiger partial charge in [0.2, 0.25) is 5.91 Å². The molecule has 1 aromatic heterocycles. The molecule has 0 bridgehead atoms. The van der Waals surface area contributed by atoms with Gasteiger partial charge in [0.1, 0.15) is 5.75 Å². The monoisotopic (exact) mass is 464 g/mol. The fourth-order valence-electron chi connectivity index (χ4n) is 3.13. The van der Waals surface area contributed by atoms with Gasteiger partial charge in [-0.05, 0) is 60.7 Å². The molecular formula is C24H21ClN4O2S. The fraction of sp³-hybridized carbons (Fsp3) is 0.125. The zero-order chi connectivity index (χ0) is 22.5. The van der Waals surface area contributed by atoms with E-state index in [1.165, 1.54) is 11.8 Å². The summed E-state index contributed by atoms with van der Waals surface area (Å²) in [6.45, 7) is 0. The SMILES string of the molecule is COc1ccc(-n2c(SCC(=O)N(C)c3ccccc3)nnc2-c2ccc(Cl)cc2)cc1. The summed E-state index contributed by atoms with van der Waals surface area (Å²) in [7, 11) is 3.40. The van der Waals surface area contributed by atoms with Gasteiger partial charge in [0.15, 0.2) is 11.0 Å². The van der Waals surface area contributed by atoms with Crippen LogP contribution in [0.25, 0.3) is 17.1 Å². The van der Waals surface area contributed by atoms with Crippen molar-refractivity contribution in [2.75, 3.05) is 24.8 Å². The Morgan fingerprint density at radius 1 is 1.00 bits per heavy atom. The summed E-state index contributed by atoms with van der Waals surface area (Å²) in [5.41, 5.74) is 2.58. The zero-order valence-electron chi connectivity index (χ0n) is 17.6. The molecule has 0 atom stereocenters. The fourth-order valence-corrected chi connectivity index (χ4v) is 4.12. The number of para-hydroxylation sites is 1. The predicted octanol–water partition coefficient (Wildman–Crippen LogP) is 5.35. The third kappa shape index (κ3) is 4.79. The number of nitrogens with zero attached hydrogens (tertiary/aromatic N) is 4. The van der Waals surface area contributed by atoms with Gasteiger partial charge in [-0.2, -0.15) is 0 Å². The number of hydrogen-bond acceptors (Lipinski definition) is 5. The smallest absolute Gasteiger partial charge is 0.237 e. The molecule has 0 aliphatic heterocycles. The summed E-state index contributed by atoms with van der Waals surface area (Å²) in [6, 6.07) is 24.6. The largest absolute Gasteiger partial charge is 0.497 e. The Bertz CT molecular complexity index is 1200. The van der Waals surface area contributed by atoms with Crippen LogP contribution in [0.5, 0.6) is 5.75 Å². The van der Waals surface area contributed by atoms with Crippen molar-refractivity contribution in [1.29, 1.82) is 0 Å². The average Bonchev–Trinajstić information content (AvgIpc) is 3.27. The van der Waals surface area contributed by atoms with Gasteiger partial charge >= 0.3 is 0 Å². The molecule has 0 saturated carbocycles. The van der Waals surface area contributed by atoms with Gasteiger partial charge in [-0.3, -0.25) is 9.36 Å². The van der Waals surface area contributed by atoms with Crippen LogP contribution in [0.1, 0.15) is 0 Å². The molecule has 0 aliphatic rings. The highest BCUT2D eigenvalue weighted by Crippen LogP contribution is 2.30. The number of halogens is 1. The van der Waals surface area contributed by atoms with E-state index in [4.69, 9.17) is 16.3 Å². The number of methoxy groups -OCH3 is 1. The Kier molecular flexibility index (Phi) is 6.78. The highest BCUT2D eigenvalue weighted by atomic mass is 35.5. The summed E-state index contributed by atoms with van der Waals surface area (Å²) in [5.74, 6) is 1.61. The first-order chi connectivity index (χ1) is 15.6. The van der Waals surface area contributed by atoms with E-state index in [0.717, 1.165) is 22.7 Å². The normalized spacial score (nSPS) is 10.7. The van der Waals surface area contributed by atoms with Crippen molar-refractivity contribution in [2.24, 2.45) is 0 Å². The minimum absolute atomic E-state index is 0.0291. The molecule has 0 saturated heterocycles. The molecule has 0 spiro atoms. The summed E-state index contributed by atoms with van der Waals surface area (Å²) in [4.78, 5) is 14.4. The second-order valence-electron chi connectivity index (χ2n) is 6.92. The van der Waals surface area contributed by atoms with Gasteiger partial charge in [-0.25, -0.2) is 0 Å². The maximum atomic E-state index is 12.8.